The molecule has 0 atom stereocenters. The van der Waals surface area contributed by atoms with Crippen molar-refractivity contribution >= 4 is 17.6 Å². The van der Waals surface area contributed by atoms with Gasteiger partial charge in [0.25, 0.3) is 0 Å². The van der Waals surface area contributed by atoms with Gasteiger partial charge in [0.2, 0.25) is 5.91 Å². The highest BCUT2D eigenvalue weighted by atomic mass is 16.4. The average Bonchev–Trinajstić information content (AvgIpc) is 3.16. The monoisotopic (exact) mass is 392 g/mol. The van der Waals surface area contributed by atoms with E-state index in [1.165, 1.54) is 5.56 Å². The van der Waals surface area contributed by atoms with Gasteiger partial charge in [-0.05, 0) is 38.5 Å². The zero-order valence-corrected chi connectivity index (χ0v) is 16.7. The highest BCUT2D eigenvalue weighted by molar-refractivity contribution is 5.91. The minimum absolute atomic E-state index is 0.162. The minimum Gasteiger partial charge on any atom is -0.481 e. The van der Waals surface area contributed by atoms with E-state index in [0.29, 0.717) is 29.3 Å². The molecule has 3 aromatic rings. The predicted molar refractivity (Wildman–Crippen MR) is 111 cm³/mol. The number of carbonyl (C=O) groups is 2. The molecule has 6 heteroatoms. The fourth-order valence-electron chi connectivity index (χ4n) is 2.81. The third kappa shape index (κ3) is 4.90. The maximum atomic E-state index is 12.2. The van der Waals surface area contributed by atoms with Crippen LogP contribution in [0.25, 0.3) is 11.3 Å². The van der Waals surface area contributed by atoms with Gasteiger partial charge in [-0.3, -0.25) is 9.59 Å². The Labute approximate surface area is 169 Å². The van der Waals surface area contributed by atoms with Crippen LogP contribution in [0.15, 0.2) is 59.1 Å². The van der Waals surface area contributed by atoms with Crippen molar-refractivity contribution in [3.63, 3.8) is 0 Å². The lowest BCUT2D eigenvalue weighted by Gasteiger charge is -2.19. The molecule has 1 aromatic heterocycles. The smallest absolute Gasteiger partial charge is 0.313 e. The first-order valence-electron chi connectivity index (χ1n) is 9.41. The third-order valence-corrected chi connectivity index (χ3v) is 4.88. The molecular formula is C23H24N2O4. The average molecular weight is 392 g/mol. The van der Waals surface area contributed by atoms with E-state index in [0.717, 1.165) is 5.56 Å². The van der Waals surface area contributed by atoms with Gasteiger partial charge in [0.05, 0.1) is 11.6 Å². The lowest BCUT2D eigenvalue weighted by atomic mass is 9.85. The van der Waals surface area contributed by atoms with Crippen molar-refractivity contribution in [2.75, 3.05) is 5.32 Å². The van der Waals surface area contributed by atoms with Gasteiger partial charge in [-0.2, -0.15) is 0 Å². The Morgan fingerprint density at radius 1 is 1.07 bits per heavy atom. The summed E-state index contributed by atoms with van der Waals surface area (Å²) in [7, 11) is 0. The number of hydrogen-bond acceptors (Lipinski definition) is 4. The fourth-order valence-corrected chi connectivity index (χ4v) is 2.81. The molecule has 2 aromatic carbocycles. The van der Waals surface area contributed by atoms with Crippen LogP contribution in [0.4, 0.5) is 5.69 Å². The molecule has 0 fully saturated rings. The van der Waals surface area contributed by atoms with Gasteiger partial charge in [0.15, 0.2) is 11.7 Å². The standard InChI is InChI=1S/C23H24N2O4/c1-15-4-6-16(7-5-15)19-14-24-21(29-19)13-12-20(26)25-18-10-8-17(9-11-18)23(2,3)22(27)28/h4-11,14H,12-13H2,1-3H3,(H,25,26)(H,27,28). The van der Waals surface area contributed by atoms with Crippen molar-refractivity contribution in [1.82, 2.24) is 4.98 Å². The van der Waals surface area contributed by atoms with Crippen molar-refractivity contribution in [2.24, 2.45) is 0 Å². The second-order valence-electron chi connectivity index (χ2n) is 7.54. The van der Waals surface area contributed by atoms with Crippen LogP contribution in [0.1, 0.15) is 37.3 Å². The first-order valence-corrected chi connectivity index (χ1v) is 9.41. The van der Waals surface area contributed by atoms with E-state index in [1.54, 1.807) is 44.3 Å². The number of nitrogens with one attached hydrogen (secondary N) is 1. The molecule has 0 saturated heterocycles. The van der Waals surface area contributed by atoms with E-state index < -0.39 is 11.4 Å². The van der Waals surface area contributed by atoms with E-state index in [1.807, 2.05) is 31.2 Å². The molecule has 6 nitrogen and oxygen atoms in total. The number of aryl methyl sites for hydroxylation is 2. The summed E-state index contributed by atoms with van der Waals surface area (Å²) in [5.74, 6) is 0.127. The van der Waals surface area contributed by atoms with Crippen LogP contribution in [0.2, 0.25) is 0 Å². The number of aliphatic carboxylic acids is 1. The lowest BCUT2D eigenvalue weighted by molar-refractivity contribution is -0.142. The lowest BCUT2D eigenvalue weighted by Crippen LogP contribution is -2.28. The molecule has 0 bridgehead atoms. The largest absolute Gasteiger partial charge is 0.481 e. The van der Waals surface area contributed by atoms with Crippen LogP contribution >= 0.6 is 0 Å². The molecule has 1 heterocycles. The van der Waals surface area contributed by atoms with Crippen molar-refractivity contribution < 1.29 is 19.1 Å². The predicted octanol–water partition coefficient (Wildman–Crippen LogP) is 4.58. The Morgan fingerprint density at radius 3 is 2.34 bits per heavy atom. The van der Waals surface area contributed by atoms with Crippen molar-refractivity contribution in [3.05, 3.63) is 71.7 Å². The van der Waals surface area contributed by atoms with E-state index in [2.05, 4.69) is 10.3 Å². The normalized spacial score (nSPS) is 11.3. The van der Waals surface area contributed by atoms with Gasteiger partial charge >= 0.3 is 5.97 Å². The molecule has 29 heavy (non-hydrogen) atoms. The quantitative estimate of drug-likeness (QED) is 0.614. The molecule has 1 amide bonds. The number of oxazole rings is 1. The SMILES string of the molecule is Cc1ccc(-c2cnc(CCC(=O)Nc3ccc(C(C)(C)C(=O)O)cc3)o2)cc1. The van der Waals surface area contributed by atoms with Crippen LogP contribution in [-0.4, -0.2) is 22.0 Å². The number of hydrogen-bond donors (Lipinski definition) is 2. The van der Waals surface area contributed by atoms with Crippen LogP contribution in [0, 0.1) is 6.92 Å². The summed E-state index contributed by atoms with van der Waals surface area (Å²) in [4.78, 5) is 27.8. The number of carboxylic acid groups (broad SMARTS) is 1. The van der Waals surface area contributed by atoms with Crippen molar-refractivity contribution in [3.8, 4) is 11.3 Å². The number of amides is 1. The Balaban J connectivity index is 1.55. The summed E-state index contributed by atoms with van der Waals surface area (Å²) < 4.78 is 5.74. The molecule has 3 rings (SSSR count). The summed E-state index contributed by atoms with van der Waals surface area (Å²) in [6, 6.07) is 14.8. The zero-order valence-electron chi connectivity index (χ0n) is 16.7. The summed E-state index contributed by atoms with van der Waals surface area (Å²) in [5.41, 5.74) is 2.43. The first kappa shape index (κ1) is 20.3. The molecule has 0 radical (unpaired) electrons. The van der Waals surface area contributed by atoms with Gasteiger partial charge in [-0.15, -0.1) is 0 Å². The molecule has 0 aliphatic heterocycles. The molecule has 0 unspecified atom stereocenters. The molecule has 2 N–H and O–H groups in total. The Morgan fingerprint density at radius 2 is 1.72 bits per heavy atom. The number of rotatable bonds is 7. The number of carbonyl (C=O) groups excluding carboxylic acids is 1. The molecule has 150 valence electrons. The van der Waals surface area contributed by atoms with Crippen LogP contribution in [0.3, 0.4) is 0 Å². The van der Waals surface area contributed by atoms with Gasteiger partial charge in [0, 0.05) is 24.1 Å². The highest BCUT2D eigenvalue weighted by Crippen LogP contribution is 2.25. The molecule has 0 spiro atoms. The van der Waals surface area contributed by atoms with Crippen molar-refractivity contribution in [2.45, 2.75) is 39.0 Å². The summed E-state index contributed by atoms with van der Waals surface area (Å²) in [6.07, 6.45) is 2.29. The van der Waals surface area contributed by atoms with Crippen LogP contribution in [-0.2, 0) is 21.4 Å². The summed E-state index contributed by atoms with van der Waals surface area (Å²) >= 11 is 0. The van der Waals surface area contributed by atoms with Gasteiger partial charge in [-0.25, -0.2) is 4.98 Å². The topological polar surface area (TPSA) is 92.4 Å². The van der Waals surface area contributed by atoms with Gasteiger partial charge in [-0.1, -0.05) is 42.0 Å². The fraction of sp³-hybridized carbons (Fsp3) is 0.261. The first-order chi connectivity index (χ1) is 13.8. The third-order valence-electron chi connectivity index (χ3n) is 4.88. The Kier molecular flexibility index (Phi) is 5.82. The van der Waals surface area contributed by atoms with Gasteiger partial charge < -0.3 is 14.8 Å². The summed E-state index contributed by atoms with van der Waals surface area (Å²) in [6.45, 7) is 5.31. The van der Waals surface area contributed by atoms with Crippen LogP contribution in [0.5, 0.6) is 0 Å². The second kappa shape index (κ2) is 8.31. The molecule has 0 aliphatic carbocycles. The van der Waals surface area contributed by atoms with E-state index in [-0.39, 0.29) is 12.3 Å². The maximum absolute atomic E-state index is 12.2. The van der Waals surface area contributed by atoms with E-state index >= 15 is 0 Å². The molecular weight excluding hydrogens is 368 g/mol. The Bertz CT molecular complexity index is 1000. The van der Waals surface area contributed by atoms with E-state index in [4.69, 9.17) is 4.42 Å². The summed E-state index contributed by atoms with van der Waals surface area (Å²) in [5, 5.41) is 12.1. The highest BCUT2D eigenvalue weighted by Gasteiger charge is 2.29. The molecule has 0 aliphatic rings. The maximum Gasteiger partial charge on any atom is 0.313 e. The Hall–Kier alpha value is -3.41. The van der Waals surface area contributed by atoms with Gasteiger partial charge in [0.1, 0.15) is 0 Å². The number of aromatic nitrogens is 1. The molecule has 0 saturated carbocycles. The second-order valence-corrected chi connectivity index (χ2v) is 7.54. The zero-order chi connectivity index (χ0) is 21.0. The number of nitrogens with zero attached hydrogens (tertiary/aromatic N) is 1. The van der Waals surface area contributed by atoms with Crippen LogP contribution < -0.4 is 5.32 Å². The number of anilines is 1. The number of benzene rings is 2. The van der Waals surface area contributed by atoms with Crippen molar-refractivity contribution in [1.29, 1.82) is 0 Å². The minimum atomic E-state index is -0.983. The number of carboxylic acids is 1. The van der Waals surface area contributed by atoms with E-state index in [9.17, 15) is 14.7 Å².